The van der Waals surface area contributed by atoms with Crippen LogP contribution in [0.15, 0.2) is 72.1 Å². The number of benzene rings is 2. The minimum atomic E-state index is -2.46. The second-order valence-corrected chi connectivity index (χ2v) is 12.6. The van der Waals surface area contributed by atoms with Crippen molar-refractivity contribution in [2.45, 2.75) is 34.1 Å². The lowest BCUT2D eigenvalue weighted by atomic mass is 9.96. The molecular weight excluding hydrogens is 411 g/mol. The van der Waals surface area contributed by atoms with Crippen LogP contribution < -0.4 is 9.34 Å². The SMILES string of the molecule is CCOC(=O)C/C(=C\C(C)(C)C)P1(=S)N(c2ccccc2)CCN1c1ccccc1. The van der Waals surface area contributed by atoms with Crippen LogP contribution in [0.5, 0.6) is 0 Å². The summed E-state index contributed by atoms with van der Waals surface area (Å²) in [6.45, 7) is 10.3. The highest BCUT2D eigenvalue weighted by Crippen LogP contribution is 2.67. The molecule has 0 unspecified atom stereocenters. The molecular formula is C24H31N2O2PS. The third-order valence-corrected chi connectivity index (χ3v) is 9.98. The number of carbonyl (C=O) groups excluding carboxylic acids is 1. The first-order valence-corrected chi connectivity index (χ1v) is 13.1. The van der Waals surface area contributed by atoms with E-state index in [9.17, 15) is 4.79 Å². The first-order valence-electron chi connectivity index (χ1n) is 10.4. The van der Waals surface area contributed by atoms with E-state index in [-0.39, 0.29) is 17.8 Å². The van der Waals surface area contributed by atoms with Gasteiger partial charge in [-0.2, -0.15) is 0 Å². The van der Waals surface area contributed by atoms with Crippen molar-refractivity contribution in [3.8, 4) is 0 Å². The molecule has 160 valence electrons. The van der Waals surface area contributed by atoms with Crippen molar-refractivity contribution < 1.29 is 9.53 Å². The number of nitrogens with zero attached hydrogens (tertiary/aromatic N) is 2. The fourth-order valence-corrected chi connectivity index (χ4v) is 8.56. The Morgan fingerprint density at radius 3 is 1.87 bits per heavy atom. The van der Waals surface area contributed by atoms with E-state index in [1.807, 2.05) is 43.3 Å². The lowest BCUT2D eigenvalue weighted by Gasteiger charge is -2.39. The van der Waals surface area contributed by atoms with E-state index in [0.29, 0.717) is 6.61 Å². The molecule has 1 fully saturated rings. The van der Waals surface area contributed by atoms with Crippen LogP contribution in [0.2, 0.25) is 0 Å². The first kappa shape index (κ1) is 22.6. The molecule has 1 heterocycles. The van der Waals surface area contributed by atoms with Crippen LogP contribution in [0.25, 0.3) is 0 Å². The molecule has 0 aliphatic carbocycles. The second kappa shape index (κ2) is 9.36. The van der Waals surface area contributed by atoms with Gasteiger partial charge in [0.25, 0.3) is 0 Å². The Kier molecular flexibility index (Phi) is 7.05. The van der Waals surface area contributed by atoms with Gasteiger partial charge in [0.2, 0.25) is 0 Å². The Morgan fingerprint density at radius 2 is 1.47 bits per heavy atom. The average Bonchev–Trinajstić information content (AvgIpc) is 3.06. The van der Waals surface area contributed by atoms with Crippen LogP contribution in [0.4, 0.5) is 11.4 Å². The van der Waals surface area contributed by atoms with Gasteiger partial charge in [0.1, 0.15) is 6.34 Å². The zero-order valence-corrected chi connectivity index (χ0v) is 20.0. The van der Waals surface area contributed by atoms with Crippen molar-refractivity contribution >= 4 is 35.5 Å². The Bertz CT molecular complexity index is 887. The highest BCUT2D eigenvalue weighted by Gasteiger charge is 2.43. The summed E-state index contributed by atoms with van der Waals surface area (Å²) >= 11 is 6.55. The molecule has 3 rings (SSSR count). The summed E-state index contributed by atoms with van der Waals surface area (Å²) in [5.41, 5.74) is 2.09. The van der Waals surface area contributed by atoms with Gasteiger partial charge in [-0.15, -0.1) is 0 Å². The summed E-state index contributed by atoms with van der Waals surface area (Å²) in [4.78, 5) is 12.6. The highest BCUT2D eigenvalue weighted by atomic mass is 32.4. The van der Waals surface area contributed by atoms with Crippen LogP contribution in [0.1, 0.15) is 34.1 Å². The van der Waals surface area contributed by atoms with Gasteiger partial charge in [-0.1, -0.05) is 63.2 Å². The van der Waals surface area contributed by atoms with Crippen molar-refractivity contribution in [1.29, 1.82) is 0 Å². The van der Waals surface area contributed by atoms with Gasteiger partial charge in [0.15, 0.2) is 0 Å². The highest BCUT2D eigenvalue weighted by molar-refractivity contribution is 8.18. The predicted octanol–water partition coefficient (Wildman–Crippen LogP) is 6.21. The normalized spacial score (nSPS) is 16.6. The quantitative estimate of drug-likeness (QED) is 0.393. The molecule has 0 saturated carbocycles. The Morgan fingerprint density at radius 1 is 1.00 bits per heavy atom. The number of allylic oxidation sites excluding steroid dienone is 1. The fraction of sp³-hybridized carbons (Fsp3) is 0.375. The molecule has 2 aromatic carbocycles. The van der Waals surface area contributed by atoms with E-state index < -0.39 is 6.34 Å². The van der Waals surface area contributed by atoms with Gasteiger partial charge in [-0.05, 0) is 48.4 Å². The fourth-order valence-electron chi connectivity index (χ4n) is 3.77. The molecule has 2 aromatic rings. The Labute approximate surface area is 185 Å². The van der Waals surface area contributed by atoms with E-state index in [1.165, 1.54) is 0 Å². The standard InChI is InChI=1S/C24H31N2O2PS/c1-5-28-23(27)18-22(19-24(2,3)4)29(30)25(20-12-8-6-9-13-20)16-17-26(29)21-14-10-7-11-15-21/h6-15,19H,5,16-18H2,1-4H3/b22-19+. The summed E-state index contributed by atoms with van der Waals surface area (Å²) in [6.07, 6.45) is -0.0444. The molecule has 0 bridgehead atoms. The molecule has 1 aliphatic rings. The van der Waals surface area contributed by atoms with Gasteiger partial charge in [-0.3, -0.25) is 4.79 Å². The smallest absolute Gasteiger partial charge is 0.310 e. The molecule has 1 saturated heterocycles. The molecule has 4 nitrogen and oxygen atoms in total. The number of hydrogen-bond acceptors (Lipinski definition) is 3. The maximum absolute atomic E-state index is 12.6. The Balaban J connectivity index is 2.16. The number of anilines is 2. The molecule has 0 spiro atoms. The van der Waals surface area contributed by atoms with E-state index in [2.05, 4.69) is 60.5 Å². The van der Waals surface area contributed by atoms with Crippen molar-refractivity contribution in [1.82, 2.24) is 0 Å². The largest absolute Gasteiger partial charge is 0.466 e. The third-order valence-electron chi connectivity index (χ3n) is 4.89. The molecule has 30 heavy (non-hydrogen) atoms. The number of para-hydroxylation sites is 2. The van der Waals surface area contributed by atoms with Gasteiger partial charge >= 0.3 is 5.97 Å². The summed E-state index contributed by atoms with van der Waals surface area (Å²) in [6, 6.07) is 20.6. The molecule has 0 aromatic heterocycles. The van der Waals surface area contributed by atoms with Gasteiger partial charge in [-0.25, -0.2) is 0 Å². The van der Waals surface area contributed by atoms with Gasteiger partial charge in [0, 0.05) is 29.8 Å². The number of hydrogen-bond donors (Lipinski definition) is 0. The molecule has 0 N–H and O–H groups in total. The Hall–Kier alpha value is -2.10. The van der Waals surface area contributed by atoms with Crippen LogP contribution >= 0.6 is 6.34 Å². The number of rotatable bonds is 6. The van der Waals surface area contributed by atoms with Crippen LogP contribution in [-0.4, -0.2) is 25.7 Å². The topological polar surface area (TPSA) is 32.8 Å². The molecule has 0 radical (unpaired) electrons. The van der Waals surface area contributed by atoms with E-state index in [0.717, 1.165) is 29.8 Å². The van der Waals surface area contributed by atoms with Crippen molar-refractivity contribution in [3.05, 3.63) is 72.1 Å². The summed E-state index contributed by atoms with van der Waals surface area (Å²) in [7, 11) is 0. The van der Waals surface area contributed by atoms with Crippen molar-refractivity contribution in [2.75, 3.05) is 29.0 Å². The lowest BCUT2D eigenvalue weighted by molar-refractivity contribution is -0.142. The molecule has 1 aliphatic heterocycles. The predicted molar refractivity (Wildman–Crippen MR) is 131 cm³/mol. The number of carbonyl (C=O) groups is 1. The number of esters is 1. The van der Waals surface area contributed by atoms with Crippen molar-refractivity contribution in [3.63, 3.8) is 0 Å². The van der Waals surface area contributed by atoms with Gasteiger partial charge < -0.3 is 14.1 Å². The monoisotopic (exact) mass is 442 g/mol. The van der Waals surface area contributed by atoms with Crippen LogP contribution in [0.3, 0.4) is 0 Å². The van der Waals surface area contributed by atoms with Crippen LogP contribution in [-0.2, 0) is 21.3 Å². The second-order valence-electron chi connectivity index (χ2n) is 8.44. The maximum Gasteiger partial charge on any atom is 0.310 e. The van der Waals surface area contributed by atoms with Crippen LogP contribution in [0, 0.1) is 5.41 Å². The average molecular weight is 443 g/mol. The zero-order valence-electron chi connectivity index (χ0n) is 18.2. The zero-order chi connectivity index (χ0) is 21.8. The van der Waals surface area contributed by atoms with Gasteiger partial charge in [0.05, 0.1) is 13.0 Å². The summed E-state index contributed by atoms with van der Waals surface area (Å²) in [5.74, 6) is -0.217. The van der Waals surface area contributed by atoms with E-state index in [1.54, 1.807) is 0 Å². The van der Waals surface area contributed by atoms with E-state index >= 15 is 0 Å². The minimum absolute atomic E-state index is 0.110. The summed E-state index contributed by atoms with van der Waals surface area (Å²) < 4.78 is 10.0. The molecule has 0 atom stereocenters. The minimum Gasteiger partial charge on any atom is -0.466 e. The molecule has 6 heteroatoms. The van der Waals surface area contributed by atoms with Crippen molar-refractivity contribution in [2.24, 2.45) is 5.41 Å². The third kappa shape index (κ3) is 4.96. The van der Waals surface area contributed by atoms with E-state index in [4.69, 9.17) is 16.5 Å². The number of ether oxygens (including phenoxy) is 1. The summed E-state index contributed by atoms with van der Waals surface area (Å²) in [5, 5.41) is 0.994. The maximum atomic E-state index is 12.6. The molecule has 0 amide bonds. The lowest BCUT2D eigenvalue weighted by Crippen LogP contribution is -2.22. The first-order chi connectivity index (χ1) is 14.3.